The van der Waals surface area contributed by atoms with Gasteiger partial charge in [0.15, 0.2) is 5.58 Å². The van der Waals surface area contributed by atoms with Crippen LogP contribution in [0.4, 0.5) is 0 Å². The molecule has 2 aromatic carbocycles. The normalized spacial score (nSPS) is 11.3. The molecule has 0 aliphatic carbocycles. The van der Waals surface area contributed by atoms with Gasteiger partial charge in [0.05, 0.1) is 0 Å². The molecule has 0 aliphatic heterocycles. The molecule has 0 atom stereocenters. The maximum atomic E-state index is 5.37. The summed E-state index contributed by atoms with van der Waals surface area (Å²) < 4.78 is 5.37. The first-order chi connectivity index (χ1) is 7.40. The predicted octanol–water partition coefficient (Wildman–Crippen LogP) is 3.88. The van der Waals surface area contributed by atoms with Gasteiger partial charge in [-0.05, 0) is 11.5 Å². The van der Waals surface area contributed by atoms with Gasteiger partial charge in [-0.15, -0.1) is 0 Å². The summed E-state index contributed by atoms with van der Waals surface area (Å²) in [6, 6.07) is 12.3. The number of benzene rings is 2. The minimum Gasteiger partial charge on any atom is -0.355 e. The third kappa shape index (κ3) is 1.27. The van der Waals surface area contributed by atoms with Crippen molar-refractivity contribution in [2.45, 2.75) is 5.33 Å². The molecule has 0 unspecified atom stereocenters. The second-order valence-corrected chi connectivity index (χ2v) is 3.99. The van der Waals surface area contributed by atoms with Gasteiger partial charge < -0.3 is 4.52 Å². The Morgan fingerprint density at radius 3 is 2.80 bits per heavy atom. The van der Waals surface area contributed by atoms with Crippen LogP contribution in [0.5, 0.6) is 0 Å². The van der Waals surface area contributed by atoms with Crippen LogP contribution in [0.1, 0.15) is 5.69 Å². The van der Waals surface area contributed by atoms with Crippen molar-refractivity contribution in [1.29, 1.82) is 0 Å². The number of hydrogen-bond acceptors (Lipinski definition) is 2. The van der Waals surface area contributed by atoms with Crippen molar-refractivity contribution in [3.63, 3.8) is 0 Å². The molecule has 74 valence electrons. The van der Waals surface area contributed by atoms with E-state index >= 15 is 0 Å². The van der Waals surface area contributed by atoms with Crippen molar-refractivity contribution < 1.29 is 4.52 Å². The first-order valence-corrected chi connectivity index (χ1v) is 5.84. The molecule has 0 amide bonds. The lowest BCUT2D eigenvalue weighted by Crippen LogP contribution is -1.76. The van der Waals surface area contributed by atoms with Gasteiger partial charge in [-0.2, -0.15) is 0 Å². The summed E-state index contributed by atoms with van der Waals surface area (Å²) in [5.74, 6) is 0. The SMILES string of the molecule is BrCc1noc2c1ccc1ccccc12. The highest BCUT2D eigenvalue weighted by molar-refractivity contribution is 9.08. The Hall–Kier alpha value is -1.35. The molecule has 1 heterocycles. The Balaban J connectivity index is 2.50. The molecule has 2 nitrogen and oxygen atoms in total. The van der Waals surface area contributed by atoms with Gasteiger partial charge >= 0.3 is 0 Å². The average molecular weight is 262 g/mol. The lowest BCUT2D eigenvalue weighted by molar-refractivity contribution is 0.452. The highest BCUT2D eigenvalue weighted by Gasteiger charge is 2.09. The summed E-state index contributed by atoms with van der Waals surface area (Å²) in [7, 11) is 0. The molecule has 3 heteroatoms. The average Bonchev–Trinajstić information content (AvgIpc) is 2.72. The minimum atomic E-state index is 0.721. The molecule has 0 saturated carbocycles. The van der Waals surface area contributed by atoms with Crippen LogP contribution in [-0.4, -0.2) is 5.16 Å². The lowest BCUT2D eigenvalue weighted by Gasteiger charge is -1.96. The molecule has 0 fully saturated rings. The number of halogens is 1. The third-order valence-corrected chi connectivity index (χ3v) is 3.10. The van der Waals surface area contributed by atoms with Crippen molar-refractivity contribution in [3.8, 4) is 0 Å². The van der Waals surface area contributed by atoms with E-state index in [1.165, 1.54) is 5.39 Å². The second kappa shape index (κ2) is 3.35. The van der Waals surface area contributed by atoms with E-state index in [0.717, 1.165) is 27.4 Å². The summed E-state index contributed by atoms with van der Waals surface area (Å²) in [6.07, 6.45) is 0. The van der Waals surface area contributed by atoms with Gasteiger partial charge in [0.1, 0.15) is 5.69 Å². The van der Waals surface area contributed by atoms with Crippen molar-refractivity contribution in [1.82, 2.24) is 5.16 Å². The Morgan fingerprint density at radius 1 is 1.07 bits per heavy atom. The van der Waals surface area contributed by atoms with Crippen LogP contribution < -0.4 is 0 Å². The summed E-state index contributed by atoms with van der Waals surface area (Å²) >= 11 is 3.40. The zero-order valence-electron chi connectivity index (χ0n) is 7.90. The molecular formula is C12H8BrNO. The van der Waals surface area contributed by atoms with Crippen LogP contribution in [-0.2, 0) is 5.33 Å². The van der Waals surface area contributed by atoms with E-state index in [2.05, 4.69) is 45.4 Å². The minimum absolute atomic E-state index is 0.721. The molecule has 0 radical (unpaired) electrons. The molecule has 0 saturated heterocycles. The van der Waals surface area contributed by atoms with E-state index in [1.54, 1.807) is 0 Å². The Labute approximate surface area is 95.0 Å². The molecule has 15 heavy (non-hydrogen) atoms. The van der Waals surface area contributed by atoms with Crippen molar-refractivity contribution in [3.05, 3.63) is 42.1 Å². The summed E-state index contributed by atoms with van der Waals surface area (Å²) in [4.78, 5) is 0. The van der Waals surface area contributed by atoms with Crippen LogP contribution in [0, 0.1) is 0 Å². The van der Waals surface area contributed by atoms with Gasteiger partial charge in [-0.3, -0.25) is 0 Å². The summed E-state index contributed by atoms with van der Waals surface area (Å²) in [5.41, 5.74) is 1.83. The summed E-state index contributed by atoms with van der Waals surface area (Å²) in [6.45, 7) is 0. The molecule has 0 aliphatic rings. The van der Waals surface area contributed by atoms with Crippen molar-refractivity contribution >= 4 is 37.7 Å². The maximum Gasteiger partial charge on any atom is 0.174 e. The molecule has 3 aromatic rings. The number of alkyl halides is 1. The number of aromatic nitrogens is 1. The predicted molar refractivity (Wildman–Crippen MR) is 64.1 cm³/mol. The van der Waals surface area contributed by atoms with E-state index < -0.39 is 0 Å². The van der Waals surface area contributed by atoms with E-state index in [-0.39, 0.29) is 0 Å². The van der Waals surface area contributed by atoms with E-state index in [9.17, 15) is 0 Å². The second-order valence-electron chi connectivity index (χ2n) is 3.43. The Morgan fingerprint density at radius 2 is 1.93 bits per heavy atom. The van der Waals surface area contributed by atoms with Gasteiger partial charge in [-0.25, -0.2) is 0 Å². The van der Waals surface area contributed by atoms with Gasteiger partial charge in [-0.1, -0.05) is 51.4 Å². The van der Waals surface area contributed by atoms with Gasteiger partial charge in [0.25, 0.3) is 0 Å². The zero-order chi connectivity index (χ0) is 10.3. The van der Waals surface area contributed by atoms with E-state index in [4.69, 9.17) is 4.52 Å². The fourth-order valence-electron chi connectivity index (χ4n) is 1.81. The lowest BCUT2D eigenvalue weighted by atomic mass is 10.1. The van der Waals surface area contributed by atoms with Crippen LogP contribution in [0.25, 0.3) is 21.7 Å². The summed E-state index contributed by atoms with van der Waals surface area (Å²) in [5, 5.41) is 8.15. The smallest absolute Gasteiger partial charge is 0.174 e. The quantitative estimate of drug-likeness (QED) is 0.622. The highest BCUT2D eigenvalue weighted by atomic mass is 79.9. The maximum absolute atomic E-state index is 5.37. The zero-order valence-corrected chi connectivity index (χ0v) is 9.49. The Kier molecular flexibility index (Phi) is 1.99. The van der Waals surface area contributed by atoms with Crippen LogP contribution in [0.15, 0.2) is 40.9 Å². The number of fused-ring (bicyclic) bond motifs is 3. The molecule has 0 spiro atoms. The van der Waals surface area contributed by atoms with Crippen LogP contribution >= 0.6 is 15.9 Å². The first kappa shape index (κ1) is 8.92. The number of rotatable bonds is 1. The molecule has 1 aromatic heterocycles. The topological polar surface area (TPSA) is 26.0 Å². The van der Waals surface area contributed by atoms with E-state index in [0.29, 0.717) is 0 Å². The van der Waals surface area contributed by atoms with Crippen LogP contribution in [0.3, 0.4) is 0 Å². The van der Waals surface area contributed by atoms with E-state index in [1.807, 2.05) is 12.1 Å². The monoisotopic (exact) mass is 261 g/mol. The van der Waals surface area contributed by atoms with Gasteiger partial charge in [0.2, 0.25) is 0 Å². The number of nitrogens with zero attached hydrogens (tertiary/aromatic N) is 1. The van der Waals surface area contributed by atoms with Crippen molar-refractivity contribution in [2.24, 2.45) is 0 Å². The molecular weight excluding hydrogens is 254 g/mol. The molecule has 0 bridgehead atoms. The van der Waals surface area contributed by atoms with Crippen LogP contribution in [0.2, 0.25) is 0 Å². The molecule has 0 N–H and O–H groups in total. The highest BCUT2D eigenvalue weighted by Crippen LogP contribution is 2.28. The fourth-order valence-corrected chi connectivity index (χ4v) is 2.22. The number of hydrogen-bond donors (Lipinski definition) is 0. The molecule has 3 rings (SSSR count). The fraction of sp³-hybridized carbons (Fsp3) is 0.0833. The Bertz CT molecular complexity index is 630. The largest absolute Gasteiger partial charge is 0.355 e. The van der Waals surface area contributed by atoms with Gasteiger partial charge in [0, 0.05) is 16.1 Å². The van der Waals surface area contributed by atoms with Crippen molar-refractivity contribution in [2.75, 3.05) is 0 Å². The third-order valence-electron chi connectivity index (χ3n) is 2.56. The first-order valence-electron chi connectivity index (χ1n) is 4.72. The standard InChI is InChI=1S/C12H8BrNO/c13-7-11-10-6-5-8-3-1-2-4-9(8)12(10)15-14-11/h1-6H,7H2.